The summed E-state index contributed by atoms with van der Waals surface area (Å²) in [6.45, 7) is 8.33. The van der Waals surface area contributed by atoms with Gasteiger partial charge in [0.05, 0.1) is 17.0 Å². The molecule has 0 saturated carbocycles. The maximum atomic E-state index is 6.23. The van der Waals surface area contributed by atoms with Crippen LogP contribution >= 0.6 is 0 Å². The molecule has 0 spiro atoms. The van der Waals surface area contributed by atoms with Crippen molar-refractivity contribution in [1.82, 2.24) is 35.4 Å². The fourth-order valence-corrected chi connectivity index (χ4v) is 5.11. The van der Waals surface area contributed by atoms with Crippen molar-refractivity contribution in [3.63, 3.8) is 0 Å². The molecule has 224 valence electrons. The van der Waals surface area contributed by atoms with Crippen LogP contribution in [0.4, 0.5) is 17.5 Å². The highest BCUT2D eigenvalue weighted by Crippen LogP contribution is 2.31. The summed E-state index contributed by atoms with van der Waals surface area (Å²) in [5.41, 5.74) is 5.43. The fourth-order valence-electron chi connectivity index (χ4n) is 5.11. The molecule has 0 bridgehead atoms. The van der Waals surface area contributed by atoms with Crippen LogP contribution in [0.1, 0.15) is 18.9 Å². The summed E-state index contributed by atoms with van der Waals surface area (Å²) in [4.78, 5) is 16.1. The Morgan fingerprint density at radius 3 is 2.52 bits per heavy atom. The SMILES string of the molecule is CCc1cc(-c2ccccc2)nnc1Nc1ccc(Oc2ncccc2-c2ccnc(NCCCN3CCNCC3)n2)cc1. The second-order valence-electron chi connectivity index (χ2n) is 10.6. The summed E-state index contributed by atoms with van der Waals surface area (Å²) in [7, 11) is 0. The van der Waals surface area contributed by atoms with Crippen LogP contribution in [0.25, 0.3) is 22.5 Å². The molecule has 1 fully saturated rings. The first-order chi connectivity index (χ1) is 21.7. The molecule has 1 saturated heterocycles. The molecule has 3 aromatic heterocycles. The average molecular weight is 588 g/mol. The van der Waals surface area contributed by atoms with E-state index in [0.29, 0.717) is 17.6 Å². The van der Waals surface area contributed by atoms with Crippen LogP contribution in [0.15, 0.2) is 91.3 Å². The number of hydrogen-bond donors (Lipinski definition) is 3. The number of pyridine rings is 1. The third-order valence-electron chi connectivity index (χ3n) is 7.50. The molecule has 10 heteroatoms. The molecule has 44 heavy (non-hydrogen) atoms. The minimum absolute atomic E-state index is 0.479. The molecule has 0 radical (unpaired) electrons. The average Bonchev–Trinajstić information content (AvgIpc) is 3.09. The lowest BCUT2D eigenvalue weighted by molar-refractivity contribution is 0.240. The number of hydrogen-bond acceptors (Lipinski definition) is 10. The Kier molecular flexibility index (Phi) is 9.61. The molecule has 0 unspecified atom stereocenters. The summed E-state index contributed by atoms with van der Waals surface area (Å²) in [6, 6.07) is 25.6. The van der Waals surface area contributed by atoms with Crippen molar-refractivity contribution in [2.75, 3.05) is 49.9 Å². The maximum Gasteiger partial charge on any atom is 0.228 e. The highest BCUT2D eigenvalue weighted by Gasteiger charge is 2.13. The van der Waals surface area contributed by atoms with Gasteiger partial charge in [0.1, 0.15) is 5.75 Å². The smallest absolute Gasteiger partial charge is 0.228 e. The molecule has 1 aliphatic rings. The minimum Gasteiger partial charge on any atom is -0.438 e. The number of benzene rings is 2. The summed E-state index contributed by atoms with van der Waals surface area (Å²) in [6.07, 6.45) is 5.34. The van der Waals surface area contributed by atoms with Crippen LogP contribution in [0.5, 0.6) is 11.6 Å². The Morgan fingerprint density at radius 1 is 0.864 bits per heavy atom. The van der Waals surface area contributed by atoms with E-state index in [4.69, 9.17) is 9.72 Å². The van der Waals surface area contributed by atoms with E-state index in [9.17, 15) is 0 Å². The van der Waals surface area contributed by atoms with Gasteiger partial charge in [-0.25, -0.2) is 15.0 Å². The molecule has 10 nitrogen and oxygen atoms in total. The topological polar surface area (TPSA) is 113 Å². The van der Waals surface area contributed by atoms with Gasteiger partial charge in [-0.1, -0.05) is 37.3 Å². The Labute approximate surface area is 258 Å². The molecule has 1 aliphatic heterocycles. The van der Waals surface area contributed by atoms with Crippen molar-refractivity contribution < 1.29 is 4.74 Å². The summed E-state index contributed by atoms with van der Waals surface area (Å²) in [5.74, 6) is 2.48. The number of ether oxygens (including phenoxy) is 1. The highest BCUT2D eigenvalue weighted by molar-refractivity contribution is 5.67. The number of nitrogens with one attached hydrogen (secondary N) is 3. The van der Waals surface area contributed by atoms with Crippen LogP contribution in [-0.2, 0) is 6.42 Å². The number of aryl methyl sites for hydroxylation is 1. The van der Waals surface area contributed by atoms with Gasteiger partial charge in [0, 0.05) is 56.4 Å². The molecule has 0 aliphatic carbocycles. The number of aromatic nitrogens is 5. The normalized spacial score (nSPS) is 13.4. The predicted molar refractivity (Wildman–Crippen MR) is 174 cm³/mol. The van der Waals surface area contributed by atoms with Crippen LogP contribution in [0, 0.1) is 0 Å². The lowest BCUT2D eigenvalue weighted by atomic mass is 10.1. The van der Waals surface area contributed by atoms with Gasteiger partial charge in [-0.2, -0.15) is 0 Å². The van der Waals surface area contributed by atoms with E-state index < -0.39 is 0 Å². The standard InChI is InChI=1S/C34H37N9O/c1-2-25-24-31(26-8-4-3-5-9-26)41-42-32(25)39-27-11-13-28(14-12-27)44-33-29(10-6-16-36-33)30-15-18-38-34(40-30)37-17-7-21-43-22-19-35-20-23-43/h3-6,8-16,18,24,35H,2,7,17,19-23H2,1H3,(H,39,42)(H,37,38,40). The van der Waals surface area contributed by atoms with E-state index in [1.165, 1.54) is 0 Å². The Balaban J connectivity index is 1.09. The largest absolute Gasteiger partial charge is 0.438 e. The van der Waals surface area contributed by atoms with Crippen molar-refractivity contribution in [1.29, 1.82) is 0 Å². The van der Waals surface area contributed by atoms with E-state index in [1.54, 1.807) is 12.4 Å². The molecule has 2 aromatic carbocycles. The van der Waals surface area contributed by atoms with Gasteiger partial charge in [0.25, 0.3) is 0 Å². The number of anilines is 3. The van der Waals surface area contributed by atoms with E-state index in [1.807, 2.05) is 72.8 Å². The van der Waals surface area contributed by atoms with E-state index >= 15 is 0 Å². The van der Waals surface area contributed by atoms with Gasteiger partial charge < -0.3 is 25.6 Å². The predicted octanol–water partition coefficient (Wildman–Crippen LogP) is 5.80. The van der Waals surface area contributed by atoms with Gasteiger partial charge in [-0.15, -0.1) is 10.2 Å². The summed E-state index contributed by atoms with van der Waals surface area (Å²) < 4.78 is 6.23. The van der Waals surface area contributed by atoms with Crippen LogP contribution < -0.4 is 20.7 Å². The first kappa shape index (κ1) is 29.2. The lowest BCUT2D eigenvalue weighted by Gasteiger charge is -2.27. The first-order valence-electron chi connectivity index (χ1n) is 15.2. The first-order valence-corrected chi connectivity index (χ1v) is 15.2. The Hall–Kier alpha value is -4.93. The van der Waals surface area contributed by atoms with Crippen LogP contribution in [0.3, 0.4) is 0 Å². The molecule has 0 atom stereocenters. The number of piperazine rings is 1. The quantitative estimate of drug-likeness (QED) is 0.155. The van der Waals surface area contributed by atoms with Crippen molar-refractivity contribution in [2.45, 2.75) is 19.8 Å². The molecule has 5 aromatic rings. The number of rotatable bonds is 12. The summed E-state index contributed by atoms with van der Waals surface area (Å²) >= 11 is 0. The molecular weight excluding hydrogens is 550 g/mol. The fraction of sp³-hybridized carbons (Fsp3) is 0.265. The van der Waals surface area contributed by atoms with E-state index in [-0.39, 0.29) is 0 Å². The van der Waals surface area contributed by atoms with Crippen molar-refractivity contribution in [3.8, 4) is 34.1 Å². The lowest BCUT2D eigenvalue weighted by Crippen LogP contribution is -2.44. The van der Waals surface area contributed by atoms with E-state index in [0.717, 1.165) is 91.7 Å². The third-order valence-corrected chi connectivity index (χ3v) is 7.50. The zero-order chi connectivity index (χ0) is 30.0. The molecule has 4 heterocycles. The second kappa shape index (κ2) is 14.5. The third kappa shape index (κ3) is 7.52. The van der Waals surface area contributed by atoms with Crippen molar-refractivity contribution >= 4 is 17.5 Å². The van der Waals surface area contributed by atoms with E-state index in [2.05, 4.69) is 54.0 Å². The van der Waals surface area contributed by atoms with Gasteiger partial charge in [-0.3, -0.25) is 0 Å². The molecule has 3 N–H and O–H groups in total. The van der Waals surface area contributed by atoms with Gasteiger partial charge >= 0.3 is 0 Å². The molecule has 6 rings (SSSR count). The zero-order valence-electron chi connectivity index (χ0n) is 24.9. The van der Waals surface area contributed by atoms with Gasteiger partial charge in [0.2, 0.25) is 11.8 Å². The molecular formula is C34H37N9O. The number of nitrogens with zero attached hydrogens (tertiary/aromatic N) is 6. The zero-order valence-corrected chi connectivity index (χ0v) is 24.9. The Bertz CT molecular complexity index is 1640. The van der Waals surface area contributed by atoms with Crippen LogP contribution in [0.2, 0.25) is 0 Å². The van der Waals surface area contributed by atoms with Crippen molar-refractivity contribution in [2.24, 2.45) is 0 Å². The Morgan fingerprint density at radius 2 is 1.70 bits per heavy atom. The second-order valence-corrected chi connectivity index (χ2v) is 10.6. The monoisotopic (exact) mass is 587 g/mol. The minimum atomic E-state index is 0.479. The van der Waals surface area contributed by atoms with Gasteiger partial charge in [-0.05, 0) is 73.5 Å². The van der Waals surface area contributed by atoms with Gasteiger partial charge in [0.15, 0.2) is 5.82 Å². The van der Waals surface area contributed by atoms with Crippen molar-refractivity contribution in [3.05, 3.63) is 96.8 Å². The van der Waals surface area contributed by atoms with Crippen LogP contribution in [-0.4, -0.2) is 69.3 Å². The maximum absolute atomic E-state index is 6.23. The molecule has 0 amide bonds. The highest BCUT2D eigenvalue weighted by atomic mass is 16.5. The summed E-state index contributed by atoms with van der Waals surface area (Å²) in [5, 5.41) is 19.1.